The van der Waals surface area contributed by atoms with Gasteiger partial charge in [0.05, 0.1) is 11.8 Å². The molecule has 1 aliphatic carbocycles. The van der Waals surface area contributed by atoms with E-state index >= 15 is 0 Å². The number of amides is 2. The van der Waals surface area contributed by atoms with E-state index in [9.17, 15) is 14.0 Å². The largest absolute Gasteiger partial charge is 0.444 e. The number of aromatic nitrogens is 2. The van der Waals surface area contributed by atoms with Gasteiger partial charge in [0.15, 0.2) is 0 Å². The second-order valence-corrected chi connectivity index (χ2v) is 10.4. The van der Waals surface area contributed by atoms with Crippen molar-refractivity contribution < 1.29 is 18.7 Å². The van der Waals surface area contributed by atoms with Crippen LogP contribution in [0.2, 0.25) is 0 Å². The number of halogens is 1. The van der Waals surface area contributed by atoms with Gasteiger partial charge in [-0.25, -0.2) is 14.2 Å². The standard InChI is InChI=1S/C28H37FN6O3/c1-19(35(5)27(37)38-28(2,3)4)25(36)30-15-8-6-7-10-21-18-32-26(33-23-12-9-11-22(29)16-23)34-24(21)31-17-20-13-14-20/h9,11-12,16,18-20H,6,8,13-15,17H2,1-5H3,(H,30,36)(H2,31,32,33,34)/t19-/m0/s1. The van der Waals surface area contributed by atoms with E-state index in [1.807, 2.05) is 0 Å². The summed E-state index contributed by atoms with van der Waals surface area (Å²) in [4.78, 5) is 34.7. The molecule has 0 saturated heterocycles. The lowest BCUT2D eigenvalue weighted by Crippen LogP contribution is -2.47. The number of nitrogens with zero attached hydrogens (tertiary/aromatic N) is 3. The molecule has 0 spiro atoms. The van der Waals surface area contributed by atoms with Crippen LogP contribution in [0, 0.1) is 23.6 Å². The summed E-state index contributed by atoms with van der Waals surface area (Å²) in [6.45, 7) is 8.23. The van der Waals surface area contributed by atoms with E-state index in [4.69, 9.17) is 4.74 Å². The summed E-state index contributed by atoms with van der Waals surface area (Å²) in [5.41, 5.74) is 0.606. The Labute approximate surface area is 224 Å². The lowest BCUT2D eigenvalue weighted by Gasteiger charge is -2.28. The molecule has 1 heterocycles. The van der Waals surface area contributed by atoms with Crippen molar-refractivity contribution in [3.05, 3.63) is 41.8 Å². The zero-order chi connectivity index (χ0) is 27.7. The van der Waals surface area contributed by atoms with Gasteiger partial charge in [0.25, 0.3) is 0 Å². The van der Waals surface area contributed by atoms with Crippen LogP contribution in [-0.4, -0.2) is 58.6 Å². The zero-order valence-corrected chi connectivity index (χ0v) is 22.7. The van der Waals surface area contributed by atoms with E-state index < -0.39 is 17.7 Å². The van der Waals surface area contributed by atoms with E-state index in [2.05, 4.69) is 37.8 Å². The van der Waals surface area contributed by atoms with Gasteiger partial charge in [0.2, 0.25) is 11.9 Å². The fourth-order valence-electron chi connectivity index (χ4n) is 3.29. The van der Waals surface area contributed by atoms with Crippen molar-refractivity contribution in [1.82, 2.24) is 20.2 Å². The summed E-state index contributed by atoms with van der Waals surface area (Å²) < 4.78 is 18.8. The molecule has 2 aromatic rings. The van der Waals surface area contributed by atoms with Crippen molar-refractivity contribution in [3.63, 3.8) is 0 Å². The highest BCUT2D eigenvalue weighted by Gasteiger charge is 2.26. The minimum Gasteiger partial charge on any atom is -0.444 e. The quantitative estimate of drug-likeness (QED) is 0.306. The molecule has 1 aromatic carbocycles. The fourth-order valence-corrected chi connectivity index (χ4v) is 3.29. The molecular formula is C28H37FN6O3. The molecule has 0 aliphatic heterocycles. The van der Waals surface area contributed by atoms with E-state index in [1.54, 1.807) is 53.1 Å². The number of carbonyl (C=O) groups is 2. The molecular weight excluding hydrogens is 487 g/mol. The number of hydrogen-bond donors (Lipinski definition) is 3. The van der Waals surface area contributed by atoms with Crippen molar-refractivity contribution >= 4 is 29.5 Å². The van der Waals surface area contributed by atoms with Crippen LogP contribution in [0.5, 0.6) is 0 Å². The first-order valence-electron chi connectivity index (χ1n) is 12.9. The average molecular weight is 525 g/mol. The molecule has 1 aliphatic rings. The zero-order valence-electron chi connectivity index (χ0n) is 22.7. The van der Waals surface area contributed by atoms with Crippen LogP contribution < -0.4 is 16.0 Å². The summed E-state index contributed by atoms with van der Waals surface area (Å²) in [5.74, 6) is 7.26. The smallest absolute Gasteiger partial charge is 0.410 e. The normalized spacial score (nSPS) is 13.5. The number of unbranched alkanes of at least 4 members (excludes halogenated alkanes) is 1. The molecule has 38 heavy (non-hydrogen) atoms. The van der Waals surface area contributed by atoms with Gasteiger partial charge < -0.3 is 20.7 Å². The molecule has 1 atom stereocenters. The third-order valence-electron chi connectivity index (χ3n) is 5.77. The van der Waals surface area contributed by atoms with Gasteiger partial charge >= 0.3 is 6.09 Å². The topological polar surface area (TPSA) is 108 Å². The van der Waals surface area contributed by atoms with Gasteiger partial charge in [-0.15, -0.1) is 0 Å². The molecule has 10 heteroatoms. The predicted octanol–water partition coefficient (Wildman–Crippen LogP) is 4.68. The molecule has 0 bridgehead atoms. The van der Waals surface area contributed by atoms with Gasteiger partial charge in [-0.05, 0) is 71.1 Å². The minimum absolute atomic E-state index is 0.257. The van der Waals surface area contributed by atoms with Crippen LogP contribution in [0.1, 0.15) is 58.9 Å². The van der Waals surface area contributed by atoms with Crippen molar-refractivity contribution in [2.45, 2.75) is 65.0 Å². The molecule has 0 unspecified atom stereocenters. The number of rotatable bonds is 10. The number of hydrogen-bond acceptors (Lipinski definition) is 7. The van der Waals surface area contributed by atoms with Crippen LogP contribution in [0.4, 0.5) is 26.6 Å². The van der Waals surface area contributed by atoms with E-state index in [0.29, 0.717) is 48.3 Å². The molecule has 3 rings (SSSR count). The Hall–Kier alpha value is -3.87. The summed E-state index contributed by atoms with van der Waals surface area (Å²) >= 11 is 0. The summed E-state index contributed by atoms with van der Waals surface area (Å²) in [6.07, 6.45) is 4.70. The Morgan fingerprint density at radius 2 is 2.05 bits per heavy atom. The summed E-state index contributed by atoms with van der Waals surface area (Å²) in [6, 6.07) is 5.46. The van der Waals surface area contributed by atoms with E-state index in [0.717, 1.165) is 6.54 Å². The third-order valence-corrected chi connectivity index (χ3v) is 5.77. The Balaban J connectivity index is 1.51. The van der Waals surface area contributed by atoms with Gasteiger partial charge in [0.1, 0.15) is 23.3 Å². The predicted molar refractivity (Wildman–Crippen MR) is 146 cm³/mol. The number of anilines is 3. The minimum atomic E-state index is -0.660. The van der Waals surface area contributed by atoms with Gasteiger partial charge in [0, 0.05) is 32.2 Å². The van der Waals surface area contributed by atoms with Crippen molar-refractivity contribution in [2.75, 3.05) is 30.8 Å². The summed E-state index contributed by atoms with van der Waals surface area (Å²) in [5, 5.41) is 9.22. The Morgan fingerprint density at radius 3 is 2.74 bits per heavy atom. The molecule has 1 saturated carbocycles. The van der Waals surface area contributed by atoms with Crippen molar-refractivity contribution in [1.29, 1.82) is 0 Å². The van der Waals surface area contributed by atoms with Gasteiger partial charge in [-0.1, -0.05) is 17.9 Å². The molecule has 9 nitrogen and oxygen atoms in total. The number of benzene rings is 1. The highest BCUT2D eigenvalue weighted by molar-refractivity contribution is 5.85. The Kier molecular flexibility index (Phi) is 9.88. The molecule has 204 valence electrons. The number of likely N-dealkylation sites (N-methyl/N-ethyl adjacent to an activating group) is 1. The van der Waals surface area contributed by atoms with Crippen LogP contribution in [0.3, 0.4) is 0 Å². The van der Waals surface area contributed by atoms with Crippen molar-refractivity contribution in [2.24, 2.45) is 5.92 Å². The lowest BCUT2D eigenvalue weighted by molar-refractivity contribution is -0.125. The molecule has 1 aromatic heterocycles. The number of nitrogens with one attached hydrogen (secondary N) is 3. The second-order valence-electron chi connectivity index (χ2n) is 10.4. The summed E-state index contributed by atoms with van der Waals surface area (Å²) in [7, 11) is 1.54. The number of carbonyl (C=O) groups excluding carboxylic acids is 2. The number of ether oxygens (including phenoxy) is 1. The van der Waals surface area contributed by atoms with Crippen LogP contribution >= 0.6 is 0 Å². The Bertz CT molecular complexity index is 1180. The highest BCUT2D eigenvalue weighted by Crippen LogP contribution is 2.29. The van der Waals surface area contributed by atoms with E-state index in [-0.39, 0.29) is 11.7 Å². The third kappa shape index (κ3) is 9.54. The van der Waals surface area contributed by atoms with Crippen LogP contribution in [0.25, 0.3) is 0 Å². The first kappa shape index (κ1) is 28.7. The molecule has 3 N–H and O–H groups in total. The molecule has 0 radical (unpaired) electrons. The SMILES string of the molecule is C[C@@H](C(=O)NCCCC#Cc1cnc(Nc2cccc(F)c2)nc1NCC1CC1)N(C)C(=O)OC(C)(C)C. The molecule has 2 amide bonds. The maximum absolute atomic E-state index is 13.5. The second kappa shape index (κ2) is 13.1. The maximum atomic E-state index is 13.5. The van der Waals surface area contributed by atoms with Crippen LogP contribution in [-0.2, 0) is 9.53 Å². The highest BCUT2D eigenvalue weighted by atomic mass is 19.1. The monoisotopic (exact) mass is 524 g/mol. The average Bonchev–Trinajstić information content (AvgIpc) is 3.68. The Morgan fingerprint density at radius 1 is 1.29 bits per heavy atom. The van der Waals surface area contributed by atoms with Crippen LogP contribution in [0.15, 0.2) is 30.5 Å². The van der Waals surface area contributed by atoms with Gasteiger partial charge in [-0.3, -0.25) is 9.69 Å². The lowest BCUT2D eigenvalue weighted by atomic mass is 10.2. The molecule has 1 fully saturated rings. The maximum Gasteiger partial charge on any atom is 0.410 e. The fraction of sp³-hybridized carbons (Fsp3) is 0.500. The first-order valence-corrected chi connectivity index (χ1v) is 12.9. The van der Waals surface area contributed by atoms with E-state index in [1.165, 1.54) is 29.9 Å². The van der Waals surface area contributed by atoms with Crippen molar-refractivity contribution in [3.8, 4) is 11.8 Å². The first-order chi connectivity index (χ1) is 18.0. The van der Waals surface area contributed by atoms with Gasteiger partial charge in [-0.2, -0.15) is 4.98 Å².